The molecule has 9 nitrogen and oxygen atoms in total. The fraction of sp³-hybridized carbons (Fsp3) is 0.842. The van der Waals surface area contributed by atoms with Crippen LogP contribution in [0.3, 0.4) is 0 Å². The molecule has 3 fully saturated rings. The minimum Gasteiger partial charge on any atom is -0.352 e. The van der Waals surface area contributed by atoms with E-state index < -0.39 is 15.4 Å². The predicted octanol–water partition coefficient (Wildman–Crippen LogP) is 0.662. The van der Waals surface area contributed by atoms with Crippen molar-refractivity contribution in [2.45, 2.75) is 56.9 Å². The van der Waals surface area contributed by atoms with Gasteiger partial charge in [-0.1, -0.05) is 18.0 Å². The highest BCUT2D eigenvalue weighted by Gasteiger charge is 2.58. The van der Waals surface area contributed by atoms with Crippen molar-refractivity contribution in [2.75, 3.05) is 39.0 Å². The number of sulfonamides is 1. The van der Waals surface area contributed by atoms with Crippen molar-refractivity contribution in [1.82, 2.24) is 24.7 Å². The molecular formula is C19H31N5O4S. The number of carbonyl (C=O) groups is 1. The number of aromatic nitrogens is 2. The molecule has 4 rings (SSSR count). The molecule has 10 heteroatoms. The van der Waals surface area contributed by atoms with Crippen molar-refractivity contribution in [2.24, 2.45) is 5.92 Å². The first-order valence-corrected chi connectivity index (χ1v) is 12.4. The molecule has 0 spiro atoms. The molecule has 3 aliphatic rings. The molecule has 3 heterocycles. The molecule has 1 unspecified atom stereocenters. The monoisotopic (exact) mass is 425 g/mol. The predicted molar refractivity (Wildman–Crippen MR) is 107 cm³/mol. The third-order valence-electron chi connectivity index (χ3n) is 6.70. The molecule has 1 amide bonds. The number of hydrogen-bond acceptors (Lipinski definition) is 7. The Hall–Kier alpha value is -1.52. The van der Waals surface area contributed by atoms with Gasteiger partial charge in [-0.2, -0.15) is 4.98 Å². The Bertz CT molecular complexity index is 849. The van der Waals surface area contributed by atoms with Gasteiger partial charge in [-0.05, 0) is 51.6 Å². The number of nitrogens with one attached hydrogen (secondary N) is 1. The zero-order valence-corrected chi connectivity index (χ0v) is 18.1. The summed E-state index contributed by atoms with van der Waals surface area (Å²) in [5.74, 6) is 1.14. The standard InChI is InChI=1S/C19H31N5O4S/c1-14-20-18(28-22-14)19-10-16(9-15(19)11-24(13-19)29(2,26)27)21-17(25)12-23-7-5-3-4-6-8-23/h15-16H,3-13H2,1-2H3,(H,21,25)/t15?,16-,19+/m1/s1. The second kappa shape index (κ2) is 7.96. The van der Waals surface area contributed by atoms with E-state index in [0.29, 0.717) is 37.8 Å². The van der Waals surface area contributed by atoms with Crippen LogP contribution in [0.1, 0.15) is 50.2 Å². The highest BCUT2D eigenvalue weighted by atomic mass is 32.2. The molecule has 1 aromatic heterocycles. The van der Waals surface area contributed by atoms with Gasteiger partial charge in [0.05, 0.1) is 18.2 Å². The molecular weight excluding hydrogens is 394 g/mol. The van der Waals surface area contributed by atoms with Gasteiger partial charge in [0.1, 0.15) is 0 Å². The summed E-state index contributed by atoms with van der Waals surface area (Å²) in [6.07, 6.45) is 7.37. The van der Waals surface area contributed by atoms with Gasteiger partial charge in [-0.25, -0.2) is 12.7 Å². The van der Waals surface area contributed by atoms with Gasteiger partial charge in [-0.3, -0.25) is 9.69 Å². The highest BCUT2D eigenvalue weighted by molar-refractivity contribution is 7.88. The molecule has 2 aliphatic heterocycles. The fourth-order valence-electron chi connectivity index (χ4n) is 5.29. The Labute approximate surface area is 172 Å². The summed E-state index contributed by atoms with van der Waals surface area (Å²) in [4.78, 5) is 19.3. The van der Waals surface area contributed by atoms with E-state index in [-0.39, 0.29) is 17.9 Å². The molecule has 1 aliphatic carbocycles. The number of nitrogens with zero attached hydrogens (tertiary/aromatic N) is 4. The summed E-state index contributed by atoms with van der Waals surface area (Å²) in [5, 5.41) is 7.12. The average Bonchev–Trinajstić information content (AvgIpc) is 3.23. The summed E-state index contributed by atoms with van der Waals surface area (Å²) in [6, 6.07) is -0.00612. The van der Waals surface area contributed by atoms with E-state index in [0.717, 1.165) is 32.4 Å². The Morgan fingerprint density at radius 3 is 2.62 bits per heavy atom. The van der Waals surface area contributed by atoms with Gasteiger partial charge < -0.3 is 9.84 Å². The zero-order chi connectivity index (χ0) is 20.6. The number of aryl methyl sites for hydroxylation is 1. The Kier molecular flexibility index (Phi) is 5.69. The molecule has 1 N–H and O–H groups in total. The van der Waals surface area contributed by atoms with Crippen molar-refractivity contribution in [1.29, 1.82) is 0 Å². The minimum absolute atomic E-state index is 0.00612. The number of amides is 1. The number of fused-ring (bicyclic) bond motifs is 1. The van der Waals surface area contributed by atoms with Crippen molar-refractivity contribution in [3.05, 3.63) is 11.7 Å². The molecule has 3 atom stereocenters. The summed E-state index contributed by atoms with van der Waals surface area (Å²) < 4.78 is 31.3. The number of rotatable bonds is 5. The lowest BCUT2D eigenvalue weighted by Gasteiger charge is -2.25. The molecule has 2 saturated heterocycles. The van der Waals surface area contributed by atoms with E-state index in [9.17, 15) is 13.2 Å². The largest absolute Gasteiger partial charge is 0.352 e. The lowest BCUT2D eigenvalue weighted by atomic mass is 9.80. The van der Waals surface area contributed by atoms with Crippen LogP contribution in [0.4, 0.5) is 0 Å². The van der Waals surface area contributed by atoms with Crippen LogP contribution < -0.4 is 5.32 Å². The molecule has 1 saturated carbocycles. The fourth-order valence-corrected chi connectivity index (χ4v) is 6.20. The second-order valence-corrected chi connectivity index (χ2v) is 10.9. The van der Waals surface area contributed by atoms with Crippen molar-refractivity contribution < 1.29 is 17.7 Å². The van der Waals surface area contributed by atoms with Crippen molar-refractivity contribution in [3.63, 3.8) is 0 Å². The summed E-state index contributed by atoms with van der Waals surface area (Å²) in [7, 11) is -3.30. The molecule has 0 radical (unpaired) electrons. The SMILES string of the molecule is Cc1noc([C@]23C[C@H](NC(=O)CN4CCCCCC4)CC2CN(S(C)(=O)=O)C3)n1. The van der Waals surface area contributed by atoms with Crippen molar-refractivity contribution in [3.8, 4) is 0 Å². The molecule has 29 heavy (non-hydrogen) atoms. The average molecular weight is 426 g/mol. The van der Waals surface area contributed by atoms with E-state index in [1.165, 1.54) is 23.4 Å². The van der Waals surface area contributed by atoms with Crippen LogP contribution in [0.25, 0.3) is 0 Å². The van der Waals surface area contributed by atoms with E-state index in [1.807, 2.05) is 0 Å². The first kappa shape index (κ1) is 20.7. The second-order valence-electron chi connectivity index (χ2n) is 8.95. The van der Waals surface area contributed by atoms with Gasteiger partial charge in [0, 0.05) is 19.1 Å². The van der Waals surface area contributed by atoms with Gasteiger partial charge in [0.15, 0.2) is 5.82 Å². The van der Waals surface area contributed by atoms with Gasteiger partial charge in [0.25, 0.3) is 0 Å². The Balaban J connectivity index is 1.45. The van der Waals surface area contributed by atoms with Gasteiger partial charge in [0.2, 0.25) is 21.8 Å². The third-order valence-corrected chi connectivity index (χ3v) is 7.91. The van der Waals surface area contributed by atoms with Crippen LogP contribution >= 0.6 is 0 Å². The van der Waals surface area contributed by atoms with Gasteiger partial charge in [-0.15, -0.1) is 0 Å². The summed E-state index contributed by atoms with van der Waals surface area (Å²) in [6.45, 7) is 4.92. The number of likely N-dealkylation sites (tertiary alicyclic amines) is 1. The number of hydrogen-bond donors (Lipinski definition) is 1. The third kappa shape index (κ3) is 4.34. The van der Waals surface area contributed by atoms with Crippen LogP contribution in [-0.4, -0.2) is 78.7 Å². The molecule has 1 aromatic rings. The quantitative estimate of drug-likeness (QED) is 0.738. The minimum atomic E-state index is -3.30. The van der Waals surface area contributed by atoms with E-state index in [4.69, 9.17) is 4.52 Å². The summed E-state index contributed by atoms with van der Waals surface area (Å²) >= 11 is 0. The van der Waals surface area contributed by atoms with Crippen LogP contribution in [0.2, 0.25) is 0 Å². The maximum absolute atomic E-state index is 12.7. The van der Waals surface area contributed by atoms with Crippen LogP contribution in [-0.2, 0) is 20.2 Å². The smallest absolute Gasteiger partial charge is 0.234 e. The first-order valence-electron chi connectivity index (χ1n) is 10.5. The van der Waals surface area contributed by atoms with Crippen LogP contribution in [0, 0.1) is 12.8 Å². The van der Waals surface area contributed by atoms with E-state index in [2.05, 4.69) is 20.4 Å². The zero-order valence-electron chi connectivity index (χ0n) is 17.3. The lowest BCUT2D eigenvalue weighted by Crippen LogP contribution is -2.43. The maximum Gasteiger partial charge on any atom is 0.234 e. The van der Waals surface area contributed by atoms with Gasteiger partial charge >= 0.3 is 0 Å². The summed E-state index contributed by atoms with van der Waals surface area (Å²) in [5.41, 5.74) is -0.523. The van der Waals surface area contributed by atoms with Crippen molar-refractivity contribution >= 4 is 15.9 Å². The topological polar surface area (TPSA) is 109 Å². The molecule has 162 valence electrons. The lowest BCUT2D eigenvalue weighted by molar-refractivity contribution is -0.123. The Morgan fingerprint density at radius 1 is 1.28 bits per heavy atom. The van der Waals surface area contributed by atoms with Crippen LogP contribution in [0.5, 0.6) is 0 Å². The first-order chi connectivity index (χ1) is 13.8. The van der Waals surface area contributed by atoms with Crippen LogP contribution in [0.15, 0.2) is 4.52 Å². The number of carbonyl (C=O) groups excluding carboxylic acids is 1. The van der Waals surface area contributed by atoms with E-state index >= 15 is 0 Å². The normalized spacial score (nSPS) is 31.5. The Morgan fingerprint density at radius 2 is 2.00 bits per heavy atom. The molecule has 0 aromatic carbocycles. The van der Waals surface area contributed by atoms with E-state index in [1.54, 1.807) is 6.92 Å². The maximum atomic E-state index is 12.7. The molecule has 0 bridgehead atoms. The highest BCUT2D eigenvalue weighted by Crippen LogP contribution is 2.50.